The van der Waals surface area contributed by atoms with Crippen LogP contribution < -0.4 is 14.8 Å². The number of nitrogens with one attached hydrogen (secondary N) is 1. The molecule has 0 saturated carbocycles. The smallest absolute Gasteiger partial charge is 0.410 e. The second-order valence-corrected chi connectivity index (χ2v) is 17.8. The number of aliphatic hydroxyl groups excluding tert-OH is 1. The zero-order valence-corrected chi connectivity index (χ0v) is 34.8. The summed E-state index contributed by atoms with van der Waals surface area (Å²) in [6.45, 7) is 2.21. The van der Waals surface area contributed by atoms with Gasteiger partial charge in [-0.3, -0.25) is 4.79 Å². The van der Waals surface area contributed by atoms with Crippen LogP contribution in [0.25, 0.3) is 0 Å². The van der Waals surface area contributed by atoms with Crippen molar-refractivity contribution in [3.05, 3.63) is 126 Å². The minimum Gasteiger partial charge on any atom is -0.497 e. The molecule has 0 aromatic heterocycles. The molecule has 3 aliphatic heterocycles. The molecular weight excluding hydrogens is 787 g/mol. The number of aliphatic hydroxyl groups is 1. The van der Waals surface area contributed by atoms with E-state index in [1.165, 1.54) is 23.5 Å². The third kappa shape index (κ3) is 11.4. The predicted octanol–water partition coefficient (Wildman–Crippen LogP) is 5.80. The number of carbonyl (C=O) groups is 2. The van der Waals surface area contributed by atoms with E-state index < -0.39 is 28.3 Å². The lowest BCUT2D eigenvalue weighted by Gasteiger charge is -2.35. The molecule has 14 heteroatoms. The lowest BCUT2D eigenvalue weighted by atomic mass is 9.90. The summed E-state index contributed by atoms with van der Waals surface area (Å²) < 4.78 is 58.5. The van der Waals surface area contributed by atoms with Crippen LogP contribution in [0.15, 0.2) is 114 Å². The molecule has 320 valence electrons. The number of sulfonamides is 1. The average Bonchev–Trinajstić information content (AvgIpc) is 3.91. The molecule has 5 atom stereocenters. The summed E-state index contributed by atoms with van der Waals surface area (Å²) in [5, 5.41) is 15.2. The minimum atomic E-state index is -4.13. The Hall–Kier alpha value is -4.99. The lowest BCUT2D eigenvalue weighted by molar-refractivity contribution is -0.124. The summed E-state index contributed by atoms with van der Waals surface area (Å²) in [6.07, 6.45) is 0.340. The number of hydrogen-bond donors (Lipinski definition) is 2. The Morgan fingerprint density at radius 3 is 2.15 bits per heavy atom. The first kappa shape index (κ1) is 43.1. The summed E-state index contributed by atoms with van der Waals surface area (Å²) in [6, 6.07) is 32.1. The number of rotatable bonds is 18. The van der Waals surface area contributed by atoms with Gasteiger partial charge in [-0.25, -0.2) is 13.2 Å². The van der Waals surface area contributed by atoms with Gasteiger partial charge in [-0.05, 0) is 90.6 Å². The van der Waals surface area contributed by atoms with Gasteiger partial charge < -0.3 is 39.0 Å². The van der Waals surface area contributed by atoms with Crippen LogP contribution in [0, 0.1) is 17.8 Å². The summed E-state index contributed by atoms with van der Waals surface area (Å²) in [7, 11) is -2.63. The van der Waals surface area contributed by atoms with Crippen molar-refractivity contribution in [1.82, 2.24) is 14.5 Å². The van der Waals surface area contributed by atoms with E-state index >= 15 is 0 Å². The number of benzene rings is 4. The van der Waals surface area contributed by atoms with Gasteiger partial charge in [-0.1, -0.05) is 72.8 Å². The van der Waals surface area contributed by atoms with Crippen LogP contribution in [0.2, 0.25) is 0 Å². The average molecular weight is 842 g/mol. The highest BCUT2D eigenvalue weighted by molar-refractivity contribution is 7.89. The predicted molar refractivity (Wildman–Crippen MR) is 223 cm³/mol. The number of carbonyl (C=O) groups excluding carboxylic acids is 2. The van der Waals surface area contributed by atoms with Crippen LogP contribution >= 0.6 is 0 Å². The molecule has 4 aromatic carbocycles. The maximum absolute atomic E-state index is 14.4. The highest BCUT2D eigenvalue weighted by atomic mass is 32.2. The maximum Gasteiger partial charge on any atom is 0.410 e. The highest BCUT2D eigenvalue weighted by Gasteiger charge is 2.43. The fourth-order valence-corrected chi connectivity index (χ4v) is 9.70. The first-order valence-electron chi connectivity index (χ1n) is 20.7. The standard InChI is InChI=1S/C46H55N3O10S/c1-55-38-16-18-40(19-17-38)60(53,54)49(28-34-20-23-48(24-21-34)46(52)59-31-36-10-6-3-7-11-36)29-43(50)42(47-44(51)27-37-32-58-45-41(37)22-25-56-45)26-33-12-14-39(15-13-33)57-30-35-8-4-2-5-9-35/h2-19,34,37,41-43,45,50H,20-32H2,1H3,(H,47,51)/t37-,41-,42-,43+,45+/m0/s1. The quantitative estimate of drug-likeness (QED) is 0.126. The van der Waals surface area contributed by atoms with Gasteiger partial charge in [0.1, 0.15) is 24.7 Å². The molecule has 2 N–H and O–H groups in total. The Labute approximate surface area is 352 Å². The molecular formula is C46H55N3O10S. The molecule has 0 aliphatic carbocycles. The van der Waals surface area contributed by atoms with E-state index in [1.54, 1.807) is 17.0 Å². The minimum absolute atomic E-state index is 0.0234. The molecule has 3 heterocycles. The van der Waals surface area contributed by atoms with Crippen molar-refractivity contribution in [1.29, 1.82) is 0 Å². The first-order chi connectivity index (χ1) is 29.1. The highest BCUT2D eigenvalue weighted by Crippen LogP contribution is 2.37. The van der Waals surface area contributed by atoms with Crippen molar-refractivity contribution >= 4 is 22.0 Å². The maximum atomic E-state index is 14.4. The van der Waals surface area contributed by atoms with Crippen LogP contribution in [0.4, 0.5) is 4.79 Å². The number of likely N-dealkylation sites (tertiary alicyclic amines) is 1. The van der Waals surface area contributed by atoms with E-state index in [4.69, 9.17) is 23.7 Å². The van der Waals surface area contributed by atoms with Gasteiger partial charge >= 0.3 is 6.09 Å². The molecule has 0 radical (unpaired) electrons. The van der Waals surface area contributed by atoms with Crippen molar-refractivity contribution in [3.8, 4) is 11.5 Å². The molecule has 3 fully saturated rings. The lowest BCUT2D eigenvalue weighted by Crippen LogP contribution is -2.52. The van der Waals surface area contributed by atoms with Gasteiger partial charge in [0.25, 0.3) is 0 Å². The number of piperidine rings is 1. The van der Waals surface area contributed by atoms with Gasteiger partial charge in [0.05, 0.1) is 37.4 Å². The number of fused-ring (bicyclic) bond motifs is 1. The number of methoxy groups -OCH3 is 1. The van der Waals surface area contributed by atoms with Crippen molar-refractivity contribution in [3.63, 3.8) is 0 Å². The summed E-state index contributed by atoms with van der Waals surface area (Å²) in [4.78, 5) is 28.4. The first-order valence-corrected chi connectivity index (χ1v) is 22.1. The number of hydrogen-bond acceptors (Lipinski definition) is 10. The van der Waals surface area contributed by atoms with E-state index in [2.05, 4.69) is 5.32 Å². The second kappa shape index (κ2) is 20.5. The van der Waals surface area contributed by atoms with Gasteiger partial charge in [0.2, 0.25) is 15.9 Å². The molecule has 0 unspecified atom stereocenters. The Morgan fingerprint density at radius 2 is 1.48 bits per heavy atom. The SMILES string of the molecule is COc1ccc(S(=O)(=O)N(CC2CCN(C(=O)OCc3ccccc3)CC2)C[C@@H](O)[C@H](Cc2ccc(OCc3ccccc3)cc2)NC(=O)C[C@H]2CO[C@H]3OCC[C@@H]23)cc1. The van der Waals surface area contributed by atoms with E-state index in [-0.39, 0.29) is 67.4 Å². The Morgan fingerprint density at radius 1 is 0.833 bits per heavy atom. The van der Waals surface area contributed by atoms with Crippen LogP contribution in [0.1, 0.15) is 42.4 Å². The Balaban J connectivity index is 1.06. The van der Waals surface area contributed by atoms with Gasteiger partial charge in [0, 0.05) is 38.5 Å². The largest absolute Gasteiger partial charge is 0.497 e. The molecule has 3 saturated heterocycles. The second-order valence-electron chi connectivity index (χ2n) is 15.8. The van der Waals surface area contributed by atoms with Gasteiger partial charge in [-0.15, -0.1) is 0 Å². The van der Waals surface area contributed by atoms with Gasteiger partial charge in [0.15, 0.2) is 6.29 Å². The molecule has 4 aromatic rings. The zero-order chi connectivity index (χ0) is 41.9. The number of ether oxygens (including phenoxy) is 5. The molecule has 13 nitrogen and oxygen atoms in total. The summed E-state index contributed by atoms with van der Waals surface area (Å²) >= 11 is 0. The Kier molecular flexibility index (Phi) is 14.7. The molecule has 0 bridgehead atoms. The van der Waals surface area contributed by atoms with Gasteiger partial charge in [-0.2, -0.15) is 4.31 Å². The fraction of sp³-hybridized carbons (Fsp3) is 0.435. The van der Waals surface area contributed by atoms with Crippen LogP contribution in [-0.2, 0) is 48.7 Å². The molecule has 60 heavy (non-hydrogen) atoms. The van der Waals surface area contributed by atoms with E-state index in [1.807, 2.05) is 84.9 Å². The number of nitrogens with zero attached hydrogens (tertiary/aromatic N) is 2. The molecule has 3 aliphatic rings. The van der Waals surface area contributed by atoms with Crippen molar-refractivity contribution in [2.75, 3.05) is 46.5 Å². The third-order valence-electron chi connectivity index (χ3n) is 11.7. The topological polar surface area (TPSA) is 153 Å². The summed E-state index contributed by atoms with van der Waals surface area (Å²) in [5.41, 5.74) is 2.76. The van der Waals surface area contributed by atoms with Crippen molar-refractivity contribution in [2.24, 2.45) is 17.8 Å². The molecule has 0 spiro atoms. The summed E-state index contributed by atoms with van der Waals surface area (Å²) in [5.74, 6) is 0.928. The van der Waals surface area contributed by atoms with Crippen molar-refractivity contribution in [2.45, 2.75) is 68.6 Å². The Bertz CT molecular complexity index is 2080. The van der Waals surface area contributed by atoms with E-state index in [0.717, 1.165) is 23.1 Å². The number of amides is 2. The van der Waals surface area contributed by atoms with E-state index in [9.17, 15) is 23.1 Å². The van der Waals surface area contributed by atoms with Crippen LogP contribution in [0.3, 0.4) is 0 Å². The molecule has 7 rings (SSSR count). The monoisotopic (exact) mass is 841 g/mol. The zero-order valence-electron chi connectivity index (χ0n) is 34.0. The normalized spacial score (nSPS) is 20.3. The third-order valence-corrected chi connectivity index (χ3v) is 13.5. The van der Waals surface area contributed by atoms with Crippen molar-refractivity contribution < 1.29 is 46.8 Å². The van der Waals surface area contributed by atoms with Crippen LogP contribution in [0.5, 0.6) is 11.5 Å². The molecule has 2 amide bonds. The van der Waals surface area contributed by atoms with E-state index in [0.29, 0.717) is 57.3 Å². The van der Waals surface area contributed by atoms with Crippen LogP contribution in [-0.4, -0.2) is 99.7 Å². The fourth-order valence-electron chi connectivity index (χ4n) is 8.17.